The molecule has 0 aliphatic carbocycles. The van der Waals surface area contributed by atoms with Gasteiger partial charge in [-0.15, -0.1) is 0 Å². The minimum Gasteiger partial charge on any atom is -0.392 e. The predicted octanol–water partition coefficient (Wildman–Crippen LogP) is 1.99. The number of azide groups is 1. The van der Waals surface area contributed by atoms with E-state index in [1.54, 1.807) is 0 Å². The molecule has 2 rings (SSSR count). The van der Waals surface area contributed by atoms with Crippen LogP contribution in [0.4, 0.5) is 0 Å². The lowest BCUT2D eigenvalue weighted by Crippen LogP contribution is -2.40. The van der Waals surface area contributed by atoms with Crippen LogP contribution in [0.1, 0.15) is 12.0 Å². The molecule has 0 aromatic heterocycles. The number of hydrogen-bond donors (Lipinski definition) is 1. The summed E-state index contributed by atoms with van der Waals surface area (Å²) in [6.07, 6.45) is -0.850. The van der Waals surface area contributed by atoms with Crippen LogP contribution in [0.25, 0.3) is 10.4 Å². The maximum absolute atomic E-state index is 9.74. The van der Waals surface area contributed by atoms with Crippen LogP contribution in [0.3, 0.4) is 0 Å². The van der Waals surface area contributed by atoms with Gasteiger partial charge in [0.2, 0.25) is 0 Å². The van der Waals surface area contributed by atoms with Crippen LogP contribution in [-0.4, -0.2) is 30.1 Å². The van der Waals surface area contributed by atoms with Crippen molar-refractivity contribution in [3.8, 4) is 0 Å². The molecule has 0 radical (unpaired) electrons. The van der Waals surface area contributed by atoms with Crippen LogP contribution in [0, 0.1) is 0 Å². The number of aliphatic hydroxyl groups excluding tert-OH is 1. The van der Waals surface area contributed by atoms with E-state index in [-0.39, 0.29) is 6.61 Å². The van der Waals surface area contributed by atoms with Gasteiger partial charge >= 0.3 is 0 Å². The molecular formula is C12H15N3O3. The molecule has 18 heavy (non-hydrogen) atoms. The molecule has 1 aliphatic heterocycles. The van der Waals surface area contributed by atoms with E-state index >= 15 is 0 Å². The van der Waals surface area contributed by atoms with Crippen LogP contribution in [0.5, 0.6) is 0 Å². The third-order valence-electron chi connectivity index (χ3n) is 2.81. The van der Waals surface area contributed by atoms with Crippen molar-refractivity contribution < 1.29 is 14.6 Å². The number of aliphatic hydroxyl groups is 1. The summed E-state index contributed by atoms with van der Waals surface area (Å²) in [6, 6.07) is 9.21. The first-order chi connectivity index (χ1) is 8.79. The summed E-state index contributed by atoms with van der Waals surface area (Å²) in [7, 11) is 0. The number of rotatable bonds is 4. The Morgan fingerprint density at radius 3 is 2.89 bits per heavy atom. The van der Waals surface area contributed by atoms with Crippen LogP contribution >= 0.6 is 0 Å². The molecule has 1 N–H and O–H groups in total. The fourth-order valence-electron chi connectivity index (χ4n) is 1.80. The van der Waals surface area contributed by atoms with Crippen LogP contribution in [0.15, 0.2) is 35.4 Å². The van der Waals surface area contributed by atoms with Gasteiger partial charge in [-0.25, -0.2) is 0 Å². The Bertz CT molecular complexity index is 420. The fourth-order valence-corrected chi connectivity index (χ4v) is 1.80. The summed E-state index contributed by atoms with van der Waals surface area (Å²) in [6.45, 7) is 0.620. The molecule has 1 aliphatic rings. The highest BCUT2D eigenvalue weighted by molar-refractivity contribution is 5.13. The second-order valence-corrected chi connectivity index (χ2v) is 4.13. The molecule has 1 aromatic rings. The third-order valence-corrected chi connectivity index (χ3v) is 2.81. The van der Waals surface area contributed by atoms with Crippen LogP contribution in [-0.2, 0) is 16.1 Å². The molecule has 1 saturated heterocycles. The molecule has 1 heterocycles. The Labute approximate surface area is 105 Å². The molecule has 0 amide bonds. The molecule has 96 valence electrons. The molecule has 0 unspecified atom stereocenters. The Kier molecular flexibility index (Phi) is 4.55. The van der Waals surface area contributed by atoms with Crippen molar-refractivity contribution in [1.82, 2.24) is 0 Å². The lowest BCUT2D eigenvalue weighted by Gasteiger charge is -2.30. The zero-order chi connectivity index (χ0) is 12.8. The molecule has 1 aromatic carbocycles. The van der Waals surface area contributed by atoms with E-state index in [0.29, 0.717) is 13.0 Å². The number of ether oxygens (including phenoxy) is 2. The molecule has 6 nitrogen and oxygen atoms in total. The fraction of sp³-hybridized carbons (Fsp3) is 0.500. The minimum absolute atomic E-state index is 0.185. The van der Waals surface area contributed by atoms with E-state index in [0.717, 1.165) is 5.56 Å². The van der Waals surface area contributed by atoms with Gasteiger partial charge in [-0.3, -0.25) is 0 Å². The lowest BCUT2D eigenvalue weighted by atomic mass is 10.1. The SMILES string of the molecule is [N-]=[N+]=N[C@H]1CO[C@@H](OCc2ccccc2)C[C@@H]1O. The summed E-state index contributed by atoms with van der Waals surface area (Å²) in [5.74, 6) is 0. The smallest absolute Gasteiger partial charge is 0.160 e. The molecule has 6 heteroatoms. The Morgan fingerprint density at radius 2 is 2.22 bits per heavy atom. The first kappa shape index (κ1) is 12.9. The van der Waals surface area contributed by atoms with Crippen molar-refractivity contribution in [3.05, 3.63) is 46.3 Å². The summed E-state index contributed by atoms with van der Waals surface area (Å²) >= 11 is 0. The summed E-state index contributed by atoms with van der Waals surface area (Å²) in [5.41, 5.74) is 9.36. The van der Waals surface area contributed by atoms with Gasteiger partial charge in [0, 0.05) is 11.3 Å². The second kappa shape index (κ2) is 6.37. The number of benzene rings is 1. The van der Waals surface area contributed by atoms with E-state index in [9.17, 15) is 5.11 Å². The van der Waals surface area contributed by atoms with Crippen molar-refractivity contribution in [2.45, 2.75) is 31.5 Å². The molecule has 0 spiro atoms. The van der Waals surface area contributed by atoms with E-state index in [2.05, 4.69) is 10.0 Å². The molecule has 0 bridgehead atoms. The highest BCUT2D eigenvalue weighted by Crippen LogP contribution is 2.19. The summed E-state index contributed by atoms with van der Waals surface area (Å²) in [4.78, 5) is 2.67. The largest absolute Gasteiger partial charge is 0.392 e. The second-order valence-electron chi connectivity index (χ2n) is 4.13. The van der Waals surface area contributed by atoms with Crippen LogP contribution < -0.4 is 0 Å². The maximum atomic E-state index is 9.74. The summed E-state index contributed by atoms with van der Waals surface area (Å²) < 4.78 is 10.9. The van der Waals surface area contributed by atoms with E-state index < -0.39 is 18.4 Å². The Hall–Kier alpha value is -1.59. The first-order valence-electron chi connectivity index (χ1n) is 5.79. The van der Waals surface area contributed by atoms with Gasteiger partial charge in [-0.2, -0.15) is 0 Å². The average molecular weight is 249 g/mol. The molecule has 0 saturated carbocycles. The molecular weight excluding hydrogens is 234 g/mol. The van der Waals surface area contributed by atoms with E-state index in [4.69, 9.17) is 15.0 Å². The first-order valence-corrected chi connectivity index (χ1v) is 5.79. The molecule has 3 atom stereocenters. The number of nitrogens with zero attached hydrogens (tertiary/aromatic N) is 3. The Morgan fingerprint density at radius 1 is 1.44 bits per heavy atom. The topological polar surface area (TPSA) is 87.5 Å². The highest BCUT2D eigenvalue weighted by Gasteiger charge is 2.29. The minimum atomic E-state index is -0.713. The quantitative estimate of drug-likeness (QED) is 0.503. The Balaban J connectivity index is 1.81. The van der Waals surface area contributed by atoms with Gasteiger partial charge in [0.15, 0.2) is 6.29 Å². The van der Waals surface area contributed by atoms with Gasteiger partial charge in [0.05, 0.1) is 25.4 Å². The monoisotopic (exact) mass is 249 g/mol. The van der Waals surface area contributed by atoms with Gasteiger partial charge in [-0.1, -0.05) is 35.4 Å². The van der Waals surface area contributed by atoms with E-state index in [1.165, 1.54) is 0 Å². The van der Waals surface area contributed by atoms with Crippen molar-refractivity contribution >= 4 is 0 Å². The lowest BCUT2D eigenvalue weighted by molar-refractivity contribution is -0.195. The normalized spacial score (nSPS) is 27.5. The van der Waals surface area contributed by atoms with Crippen molar-refractivity contribution in [3.63, 3.8) is 0 Å². The van der Waals surface area contributed by atoms with Gasteiger partial charge < -0.3 is 14.6 Å². The third kappa shape index (κ3) is 3.45. The van der Waals surface area contributed by atoms with Crippen molar-refractivity contribution in [2.75, 3.05) is 6.61 Å². The van der Waals surface area contributed by atoms with Gasteiger partial charge in [-0.05, 0) is 11.1 Å². The maximum Gasteiger partial charge on any atom is 0.160 e. The predicted molar refractivity (Wildman–Crippen MR) is 64.5 cm³/mol. The van der Waals surface area contributed by atoms with Crippen molar-refractivity contribution in [1.29, 1.82) is 0 Å². The van der Waals surface area contributed by atoms with Crippen molar-refractivity contribution in [2.24, 2.45) is 5.11 Å². The molecule has 1 fully saturated rings. The standard InChI is InChI=1S/C12H15N3O3/c13-15-14-10-8-18-12(6-11(10)16)17-7-9-4-2-1-3-5-9/h1-5,10-12,16H,6-8H2/t10-,11-,12+/m0/s1. The zero-order valence-corrected chi connectivity index (χ0v) is 9.85. The average Bonchev–Trinajstić information content (AvgIpc) is 2.41. The zero-order valence-electron chi connectivity index (χ0n) is 9.85. The number of hydrogen-bond acceptors (Lipinski definition) is 4. The van der Waals surface area contributed by atoms with Gasteiger partial charge in [0.1, 0.15) is 0 Å². The summed E-state index contributed by atoms with van der Waals surface area (Å²) in [5, 5.41) is 13.2. The van der Waals surface area contributed by atoms with Gasteiger partial charge in [0.25, 0.3) is 0 Å². The van der Waals surface area contributed by atoms with Crippen LogP contribution in [0.2, 0.25) is 0 Å². The van der Waals surface area contributed by atoms with E-state index in [1.807, 2.05) is 30.3 Å². The highest BCUT2D eigenvalue weighted by atomic mass is 16.7.